The van der Waals surface area contributed by atoms with Crippen molar-refractivity contribution < 1.29 is 13.2 Å². The van der Waals surface area contributed by atoms with Crippen LogP contribution in [0.4, 0.5) is 0 Å². The number of hydrogen-bond donors (Lipinski definition) is 1. The van der Waals surface area contributed by atoms with Crippen LogP contribution in [0.15, 0.2) is 96.0 Å². The van der Waals surface area contributed by atoms with E-state index in [2.05, 4.69) is 5.32 Å². The van der Waals surface area contributed by atoms with E-state index in [0.29, 0.717) is 6.54 Å². The number of benzene rings is 3. The predicted molar refractivity (Wildman–Crippen MR) is 133 cm³/mol. The van der Waals surface area contributed by atoms with Gasteiger partial charge in [0.25, 0.3) is 0 Å². The molecule has 4 rings (SSSR count). The topological polar surface area (TPSA) is 81.1 Å². The highest BCUT2D eigenvalue weighted by atomic mass is 32.2. The molecule has 1 amide bonds. The van der Waals surface area contributed by atoms with Crippen molar-refractivity contribution in [1.82, 2.24) is 15.1 Å². The van der Waals surface area contributed by atoms with E-state index in [0.717, 1.165) is 27.9 Å². The monoisotopic (exact) mass is 473 g/mol. The molecule has 1 aromatic heterocycles. The first-order chi connectivity index (χ1) is 16.4. The lowest BCUT2D eigenvalue weighted by atomic mass is 10.1. The first-order valence-corrected chi connectivity index (χ1v) is 12.8. The Labute approximate surface area is 200 Å². The van der Waals surface area contributed by atoms with Gasteiger partial charge in [0, 0.05) is 30.3 Å². The summed E-state index contributed by atoms with van der Waals surface area (Å²) < 4.78 is 27.0. The zero-order valence-corrected chi connectivity index (χ0v) is 19.8. The van der Waals surface area contributed by atoms with Gasteiger partial charge in [-0.15, -0.1) is 0 Å². The molecule has 34 heavy (non-hydrogen) atoms. The van der Waals surface area contributed by atoms with E-state index in [-0.39, 0.29) is 29.5 Å². The maximum Gasteiger partial charge on any atom is 0.221 e. The number of sulfone groups is 1. The smallest absolute Gasteiger partial charge is 0.221 e. The molecule has 0 bridgehead atoms. The van der Waals surface area contributed by atoms with E-state index >= 15 is 0 Å². The third-order valence-electron chi connectivity index (χ3n) is 5.53. The highest BCUT2D eigenvalue weighted by molar-refractivity contribution is 7.91. The molecule has 4 aromatic rings. The van der Waals surface area contributed by atoms with Gasteiger partial charge in [0.1, 0.15) is 0 Å². The molecule has 0 fully saturated rings. The fourth-order valence-electron chi connectivity index (χ4n) is 3.66. The second kappa shape index (κ2) is 10.5. The minimum absolute atomic E-state index is 0.102. The quantitative estimate of drug-likeness (QED) is 0.391. The van der Waals surface area contributed by atoms with Gasteiger partial charge in [-0.2, -0.15) is 5.10 Å². The van der Waals surface area contributed by atoms with Crippen molar-refractivity contribution in [3.8, 4) is 11.3 Å². The summed E-state index contributed by atoms with van der Waals surface area (Å²) in [6.07, 6.45) is 1.83. The van der Waals surface area contributed by atoms with E-state index in [1.54, 1.807) is 24.3 Å². The minimum Gasteiger partial charge on any atom is -0.352 e. The number of aromatic nitrogens is 2. The molecule has 0 spiro atoms. The summed E-state index contributed by atoms with van der Waals surface area (Å²) in [6, 6.07) is 26.5. The zero-order valence-electron chi connectivity index (χ0n) is 19.0. The number of carbonyl (C=O) groups excluding carboxylic acids is 1. The highest BCUT2D eigenvalue weighted by Crippen LogP contribution is 2.22. The van der Waals surface area contributed by atoms with Gasteiger partial charge >= 0.3 is 0 Å². The van der Waals surface area contributed by atoms with Crippen LogP contribution in [0, 0.1) is 6.92 Å². The van der Waals surface area contributed by atoms with Crippen molar-refractivity contribution in [1.29, 1.82) is 0 Å². The number of carbonyl (C=O) groups is 1. The molecule has 174 valence electrons. The summed E-state index contributed by atoms with van der Waals surface area (Å²) in [6.45, 7) is 2.78. The summed E-state index contributed by atoms with van der Waals surface area (Å²) in [5.41, 5.74) is 4.74. The number of rotatable bonds is 9. The second-order valence-electron chi connectivity index (χ2n) is 8.21. The Kier molecular flexibility index (Phi) is 7.23. The Morgan fingerprint density at radius 3 is 2.24 bits per heavy atom. The summed E-state index contributed by atoms with van der Waals surface area (Å²) in [5.74, 6) is -0.550. The van der Waals surface area contributed by atoms with Crippen molar-refractivity contribution in [3.05, 3.63) is 108 Å². The number of amides is 1. The predicted octanol–water partition coefficient (Wildman–Crippen LogP) is 4.39. The van der Waals surface area contributed by atoms with Crippen LogP contribution in [-0.4, -0.2) is 29.9 Å². The van der Waals surface area contributed by atoms with Gasteiger partial charge in [0.2, 0.25) is 5.91 Å². The number of nitrogens with one attached hydrogen (secondary N) is 1. The maximum atomic E-state index is 12.5. The average molecular weight is 474 g/mol. The normalized spacial score (nSPS) is 11.3. The third kappa shape index (κ3) is 5.99. The van der Waals surface area contributed by atoms with E-state index in [9.17, 15) is 13.2 Å². The Bertz CT molecular complexity index is 1350. The van der Waals surface area contributed by atoms with Crippen LogP contribution >= 0.6 is 0 Å². The zero-order chi connectivity index (χ0) is 24.0. The summed E-state index contributed by atoms with van der Waals surface area (Å²) >= 11 is 0. The number of nitrogens with zero attached hydrogens (tertiary/aromatic N) is 2. The van der Waals surface area contributed by atoms with Gasteiger partial charge in [-0.1, -0.05) is 78.4 Å². The lowest BCUT2D eigenvalue weighted by Gasteiger charge is -2.07. The van der Waals surface area contributed by atoms with Crippen LogP contribution in [0.3, 0.4) is 0 Å². The average Bonchev–Trinajstić information content (AvgIpc) is 3.25. The number of hydrogen-bond acceptors (Lipinski definition) is 4. The van der Waals surface area contributed by atoms with Crippen LogP contribution < -0.4 is 5.32 Å². The Morgan fingerprint density at radius 1 is 0.912 bits per heavy atom. The van der Waals surface area contributed by atoms with Crippen molar-refractivity contribution in [3.63, 3.8) is 0 Å². The molecule has 0 saturated heterocycles. The maximum absolute atomic E-state index is 12.5. The lowest BCUT2D eigenvalue weighted by molar-refractivity contribution is -0.120. The van der Waals surface area contributed by atoms with Crippen LogP contribution in [-0.2, 0) is 27.7 Å². The molecular weight excluding hydrogens is 446 g/mol. The van der Waals surface area contributed by atoms with Gasteiger partial charge in [-0.05, 0) is 24.6 Å². The SMILES string of the molecule is Cc1ccc(S(=O)(=O)CCC(=O)NCc2cn(Cc3ccccc3)nc2-c2ccccc2)cc1. The Morgan fingerprint density at radius 2 is 1.56 bits per heavy atom. The summed E-state index contributed by atoms with van der Waals surface area (Å²) in [5, 5.41) is 7.62. The Hall–Kier alpha value is -3.71. The third-order valence-corrected chi connectivity index (χ3v) is 7.26. The molecule has 7 heteroatoms. The Balaban J connectivity index is 1.44. The molecule has 1 heterocycles. The lowest BCUT2D eigenvalue weighted by Crippen LogP contribution is -2.25. The molecular formula is C27H27N3O3S. The van der Waals surface area contributed by atoms with E-state index in [1.165, 1.54) is 0 Å². The van der Waals surface area contributed by atoms with Crippen molar-refractivity contribution >= 4 is 15.7 Å². The largest absolute Gasteiger partial charge is 0.352 e. The van der Waals surface area contributed by atoms with Gasteiger partial charge in [0.05, 0.1) is 22.9 Å². The molecule has 0 aliphatic heterocycles. The van der Waals surface area contributed by atoms with Gasteiger partial charge in [-0.3, -0.25) is 9.48 Å². The summed E-state index contributed by atoms with van der Waals surface area (Å²) in [4.78, 5) is 12.7. The highest BCUT2D eigenvalue weighted by Gasteiger charge is 2.17. The van der Waals surface area contributed by atoms with Crippen molar-refractivity contribution in [2.24, 2.45) is 0 Å². The van der Waals surface area contributed by atoms with Crippen LogP contribution in [0.5, 0.6) is 0 Å². The fraction of sp³-hybridized carbons (Fsp3) is 0.185. The molecule has 0 aliphatic carbocycles. The fourth-order valence-corrected chi connectivity index (χ4v) is 4.90. The van der Waals surface area contributed by atoms with E-state index in [1.807, 2.05) is 78.5 Å². The molecule has 0 atom stereocenters. The van der Waals surface area contributed by atoms with Crippen LogP contribution in [0.2, 0.25) is 0 Å². The minimum atomic E-state index is -3.51. The molecule has 0 radical (unpaired) electrons. The second-order valence-corrected chi connectivity index (χ2v) is 10.3. The standard InChI is InChI=1S/C27H27N3O3S/c1-21-12-14-25(15-13-21)34(32,33)17-16-26(31)28-18-24-20-30(19-22-8-4-2-5-9-22)29-27(24)23-10-6-3-7-11-23/h2-15,20H,16-19H2,1H3,(H,28,31). The van der Waals surface area contributed by atoms with E-state index < -0.39 is 9.84 Å². The van der Waals surface area contributed by atoms with Gasteiger partial charge < -0.3 is 5.32 Å². The van der Waals surface area contributed by atoms with Gasteiger partial charge in [0.15, 0.2) is 9.84 Å². The van der Waals surface area contributed by atoms with Crippen molar-refractivity contribution in [2.45, 2.75) is 31.3 Å². The molecule has 3 aromatic carbocycles. The molecule has 0 aliphatic rings. The molecule has 1 N–H and O–H groups in total. The molecule has 0 saturated carbocycles. The number of aryl methyl sites for hydroxylation is 1. The van der Waals surface area contributed by atoms with Crippen LogP contribution in [0.25, 0.3) is 11.3 Å². The first kappa shape index (κ1) is 23.4. The van der Waals surface area contributed by atoms with Crippen molar-refractivity contribution in [2.75, 3.05) is 5.75 Å². The first-order valence-electron chi connectivity index (χ1n) is 11.1. The molecule has 0 unspecified atom stereocenters. The van der Waals surface area contributed by atoms with Crippen LogP contribution in [0.1, 0.15) is 23.1 Å². The van der Waals surface area contributed by atoms with Gasteiger partial charge in [-0.25, -0.2) is 8.42 Å². The molecule has 6 nitrogen and oxygen atoms in total. The summed E-state index contributed by atoms with van der Waals surface area (Å²) in [7, 11) is -3.51. The van der Waals surface area contributed by atoms with E-state index in [4.69, 9.17) is 5.10 Å².